The third-order valence-corrected chi connectivity index (χ3v) is 8.90. The van der Waals surface area contributed by atoms with Crippen LogP contribution in [0.3, 0.4) is 0 Å². The quantitative estimate of drug-likeness (QED) is 0.268. The Balaban J connectivity index is 2.37. The Morgan fingerprint density at radius 3 is 2.42 bits per heavy atom. The maximum atomic E-state index is 14.3. The largest absolute Gasteiger partial charge is 0.476 e. The molecule has 2 heterocycles. The Morgan fingerprint density at radius 2 is 1.88 bits per heavy atom. The lowest BCUT2D eigenvalue weighted by Crippen LogP contribution is -2.59. The van der Waals surface area contributed by atoms with E-state index in [1.807, 2.05) is 46.6 Å². The van der Waals surface area contributed by atoms with Gasteiger partial charge in [-0.15, -0.1) is 11.3 Å². The molecule has 0 radical (unpaired) electrons. The Bertz CT molecular complexity index is 999. The van der Waals surface area contributed by atoms with Crippen LogP contribution in [-0.2, 0) is 14.4 Å². The first-order valence-corrected chi connectivity index (χ1v) is 15.5. The summed E-state index contributed by atoms with van der Waals surface area (Å²) in [5.74, 6) is -1.76. The summed E-state index contributed by atoms with van der Waals surface area (Å²) in [4.78, 5) is 59.2. The Labute approximate surface area is 242 Å². The second-order valence-corrected chi connectivity index (χ2v) is 12.3. The van der Waals surface area contributed by atoms with Crippen molar-refractivity contribution in [2.75, 3.05) is 20.1 Å². The summed E-state index contributed by atoms with van der Waals surface area (Å²) in [6, 6.07) is -1.52. The van der Waals surface area contributed by atoms with Crippen LogP contribution >= 0.6 is 11.3 Å². The van der Waals surface area contributed by atoms with Crippen molar-refractivity contribution in [3.8, 4) is 0 Å². The van der Waals surface area contributed by atoms with Gasteiger partial charge in [0, 0.05) is 37.2 Å². The number of aliphatic hydroxyl groups excluding tert-OH is 1. The molecule has 0 aliphatic carbocycles. The van der Waals surface area contributed by atoms with Gasteiger partial charge in [-0.25, -0.2) is 9.78 Å². The average Bonchev–Trinajstić information content (AvgIpc) is 3.41. The normalized spacial score (nSPS) is 19.1. The molecule has 11 heteroatoms. The van der Waals surface area contributed by atoms with Gasteiger partial charge in [0.05, 0.1) is 6.04 Å². The van der Waals surface area contributed by atoms with Gasteiger partial charge in [0.1, 0.15) is 22.9 Å². The molecule has 1 aliphatic rings. The van der Waals surface area contributed by atoms with Crippen molar-refractivity contribution < 1.29 is 29.4 Å². The van der Waals surface area contributed by atoms with E-state index in [1.165, 1.54) is 5.38 Å². The Hall–Kier alpha value is -2.37. The van der Waals surface area contributed by atoms with Crippen LogP contribution in [0.15, 0.2) is 5.38 Å². The van der Waals surface area contributed by atoms with E-state index in [1.54, 1.807) is 4.90 Å². The number of nitrogens with zero attached hydrogens (tertiary/aromatic N) is 3. The van der Waals surface area contributed by atoms with E-state index in [2.05, 4.69) is 10.3 Å². The second kappa shape index (κ2) is 16.2. The van der Waals surface area contributed by atoms with Crippen molar-refractivity contribution in [2.45, 2.75) is 110 Å². The van der Waals surface area contributed by atoms with Gasteiger partial charge < -0.3 is 20.4 Å². The maximum Gasteiger partial charge on any atom is 0.355 e. The first kappa shape index (κ1) is 33.8. The molecule has 0 aromatic carbocycles. The minimum Gasteiger partial charge on any atom is -0.476 e. The predicted octanol–water partition coefficient (Wildman–Crippen LogP) is 3.89. The number of likely N-dealkylation sites (tertiary alicyclic amines) is 1. The van der Waals surface area contributed by atoms with E-state index < -0.39 is 24.2 Å². The van der Waals surface area contributed by atoms with Crippen LogP contribution in [0.25, 0.3) is 0 Å². The molecule has 40 heavy (non-hydrogen) atoms. The standard InChI is InChI=1S/C29H48N4O6S/c1-7-11-20(34)13-15-33(23(18(3)4)16-24(35)27-30-21(17-40-27)29(38)39)28(37)25(19(5)8-2)31-26(36)22-12-9-10-14-32(22)6/h17-19,22-25,35H,7-16H2,1-6H3,(H,31,36)(H,38,39)/t19-,22+,23+,24+,25-/m0/s1. The van der Waals surface area contributed by atoms with E-state index in [9.17, 15) is 29.4 Å². The zero-order valence-electron chi connectivity index (χ0n) is 24.9. The predicted molar refractivity (Wildman–Crippen MR) is 155 cm³/mol. The highest BCUT2D eigenvalue weighted by atomic mass is 32.1. The van der Waals surface area contributed by atoms with Crippen molar-refractivity contribution in [3.05, 3.63) is 16.1 Å². The minimum absolute atomic E-state index is 0.0577. The van der Waals surface area contributed by atoms with Crippen molar-refractivity contribution in [1.82, 2.24) is 20.1 Å². The number of rotatable bonds is 16. The van der Waals surface area contributed by atoms with Crippen molar-refractivity contribution in [1.29, 1.82) is 0 Å². The number of carboxylic acids is 1. The molecule has 0 saturated carbocycles. The summed E-state index contributed by atoms with van der Waals surface area (Å²) in [6.07, 6.45) is 3.79. The van der Waals surface area contributed by atoms with Crippen LogP contribution in [0, 0.1) is 11.8 Å². The fourth-order valence-electron chi connectivity index (χ4n) is 5.23. The number of Topliss-reactive ketones (excluding diaryl/α,β-unsaturated/α-hetero) is 1. The molecule has 1 saturated heterocycles. The highest BCUT2D eigenvalue weighted by molar-refractivity contribution is 7.09. The SMILES string of the molecule is CCCC(=O)CCN(C(=O)[C@@H](NC(=O)[C@H]1CCCCN1C)[C@@H](C)CC)[C@H](C[C@@H](O)c1nc(C(=O)O)cs1)C(C)C. The number of carboxylic acid groups (broad SMARTS) is 1. The number of thiazole rings is 1. The molecular formula is C29H48N4O6S. The molecule has 1 aromatic heterocycles. The van der Waals surface area contributed by atoms with Gasteiger partial charge >= 0.3 is 5.97 Å². The topological polar surface area (TPSA) is 140 Å². The number of carbonyl (C=O) groups excluding carboxylic acids is 3. The minimum atomic E-state index is -1.17. The number of aliphatic hydroxyl groups is 1. The molecule has 0 unspecified atom stereocenters. The molecular weight excluding hydrogens is 532 g/mol. The first-order chi connectivity index (χ1) is 18.9. The Morgan fingerprint density at radius 1 is 1.18 bits per heavy atom. The fraction of sp³-hybridized carbons (Fsp3) is 0.759. The smallest absolute Gasteiger partial charge is 0.355 e. The van der Waals surface area contributed by atoms with Crippen molar-refractivity contribution >= 4 is 34.9 Å². The number of hydrogen-bond donors (Lipinski definition) is 3. The van der Waals surface area contributed by atoms with Gasteiger partial charge in [-0.05, 0) is 44.7 Å². The number of nitrogens with one attached hydrogen (secondary N) is 1. The molecule has 1 fully saturated rings. The first-order valence-electron chi connectivity index (χ1n) is 14.6. The van der Waals surface area contributed by atoms with Gasteiger partial charge in [0.25, 0.3) is 0 Å². The second-order valence-electron chi connectivity index (χ2n) is 11.4. The van der Waals surface area contributed by atoms with Crippen molar-refractivity contribution in [2.24, 2.45) is 11.8 Å². The number of aromatic carboxylic acids is 1. The van der Waals surface area contributed by atoms with Crippen LogP contribution in [0.5, 0.6) is 0 Å². The summed E-state index contributed by atoms with van der Waals surface area (Å²) in [7, 11) is 1.93. The summed E-state index contributed by atoms with van der Waals surface area (Å²) in [5.41, 5.74) is -0.134. The Kier molecular flexibility index (Phi) is 13.7. The monoisotopic (exact) mass is 580 g/mol. The van der Waals surface area contributed by atoms with Crippen LogP contribution in [0.1, 0.15) is 108 Å². The number of piperidine rings is 1. The zero-order valence-corrected chi connectivity index (χ0v) is 25.7. The van der Waals surface area contributed by atoms with Gasteiger partial charge in [0.2, 0.25) is 11.8 Å². The summed E-state index contributed by atoms with van der Waals surface area (Å²) >= 11 is 1.06. The molecule has 0 bridgehead atoms. The number of aromatic nitrogens is 1. The van der Waals surface area contributed by atoms with E-state index in [0.29, 0.717) is 12.8 Å². The summed E-state index contributed by atoms with van der Waals surface area (Å²) in [5, 5.41) is 25.0. The third kappa shape index (κ3) is 9.34. The van der Waals surface area contributed by atoms with Crippen LogP contribution in [-0.4, -0.2) is 86.8 Å². The third-order valence-electron chi connectivity index (χ3n) is 7.95. The molecule has 3 N–H and O–H groups in total. The van der Waals surface area contributed by atoms with Gasteiger partial charge in [-0.2, -0.15) is 0 Å². The number of hydrogen-bond acceptors (Lipinski definition) is 8. The average molecular weight is 581 g/mol. The van der Waals surface area contributed by atoms with E-state index in [4.69, 9.17) is 0 Å². The molecule has 2 rings (SSSR count). The summed E-state index contributed by atoms with van der Waals surface area (Å²) < 4.78 is 0. The van der Waals surface area contributed by atoms with Crippen molar-refractivity contribution in [3.63, 3.8) is 0 Å². The highest BCUT2D eigenvalue weighted by Gasteiger charge is 2.38. The molecule has 5 atom stereocenters. The van der Waals surface area contributed by atoms with Crippen LogP contribution in [0.4, 0.5) is 0 Å². The number of ketones is 1. The van der Waals surface area contributed by atoms with Crippen LogP contribution < -0.4 is 5.32 Å². The fourth-order valence-corrected chi connectivity index (χ4v) is 6.02. The molecule has 1 aliphatic heterocycles. The molecule has 0 spiro atoms. The highest BCUT2D eigenvalue weighted by Crippen LogP contribution is 2.29. The van der Waals surface area contributed by atoms with Gasteiger partial charge in [-0.3, -0.25) is 19.3 Å². The number of carbonyl (C=O) groups is 4. The molecule has 226 valence electrons. The van der Waals surface area contributed by atoms with E-state index in [-0.39, 0.29) is 65.6 Å². The lowest BCUT2D eigenvalue weighted by Gasteiger charge is -2.40. The number of likely N-dealkylation sites (N-methyl/N-ethyl adjacent to an activating group) is 1. The lowest BCUT2D eigenvalue weighted by molar-refractivity contribution is -0.143. The number of amides is 2. The van der Waals surface area contributed by atoms with Gasteiger partial charge in [-0.1, -0.05) is 47.5 Å². The van der Waals surface area contributed by atoms with Gasteiger partial charge in [0.15, 0.2) is 5.69 Å². The maximum absolute atomic E-state index is 14.3. The summed E-state index contributed by atoms with van der Waals surface area (Å²) in [6.45, 7) is 10.8. The zero-order chi connectivity index (χ0) is 30.0. The molecule has 10 nitrogen and oxygen atoms in total. The van der Waals surface area contributed by atoms with E-state index >= 15 is 0 Å². The molecule has 1 aromatic rings. The lowest BCUT2D eigenvalue weighted by atomic mass is 9.91. The molecule has 2 amide bonds. The van der Waals surface area contributed by atoms with Crippen LogP contribution in [0.2, 0.25) is 0 Å². The van der Waals surface area contributed by atoms with E-state index in [0.717, 1.165) is 43.6 Å².